The van der Waals surface area contributed by atoms with Crippen LogP contribution < -0.4 is 0 Å². The molecule has 1 aromatic heterocycles. The van der Waals surface area contributed by atoms with Crippen LogP contribution in [0.2, 0.25) is 5.15 Å². The number of aromatic nitrogens is 1. The molecule has 0 radical (unpaired) electrons. The molecule has 0 fully saturated rings. The molecule has 0 spiro atoms. The van der Waals surface area contributed by atoms with Crippen molar-refractivity contribution >= 4 is 51.3 Å². The minimum absolute atomic E-state index is 0.256. The van der Waals surface area contributed by atoms with Gasteiger partial charge in [0.2, 0.25) is 0 Å². The molecule has 4 aromatic rings. The van der Waals surface area contributed by atoms with Crippen LogP contribution in [0.4, 0.5) is 0 Å². The molecule has 29 heavy (non-hydrogen) atoms. The number of amides is 2. The third kappa shape index (κ3) is 2.79. The lowest BCUT2D eigenvalue weighted by Gasteiger charge is -2.23. The van der Waals surface area contributed by atoms with Crippen molar-refractivity contribution in [1.29, 1.82) is 0 Å². The first-order valence-electron chi connectivity index (χ1n) is 9.04. The summed E-state index contributed by atoms with van der Waals surface area (Å²) in [5, 5.41) is 7.72. The van der Waals surface area contributed by atoms with Crippen molar-refractivity contribution in [2.24, 2.45) is 5.10 Å². The maximum atomic E-state index is 12.9. The van der Waals surface area contributed by atoms with Crippen LogP contribution in [0.3, 0.4) is 0 Å². The van der Waals surface area contributed by atoms with E-state index in [1.54, 1.807) is 24.3 Å². The lowest BCUT2D eigenvalue weighted by Crippen LogP contribution is -2.36. The van der Waals surface area contributed by atoms with E-state index in [2.05, 4.69) is 10.1 Å². The average molecular weight is 400 g/mol. The second-order valence-electron chi connectivity index (χ2n) is 6.94. The molecule has 0 unspecified atom stereocenters. The highest BCUT2D eigenvalue weighted by Crippen LogP contribution is 2.30. The number of imide groups is 1. The highest BCUT2D eigenvalue weighted by Gasteiger charge is 2.32. The topological polar surface area (TPSA) is 62.6 Å². The van der Waals surface area contributed by atoms with Crippen LogP contribution in [0, 0.1) is 6.92 Å². The van der Waals surface area contributed by atoms with E-state index in [0.717, 1.165) is 26.9 Å². The van der Waals surface area contributed by atoms with Gasteiger partial charge in [-0.1, -0.05) is 48.0 Å². The average Bonchev–Trinajstić information content (AvgIpc) is 2.72. The Morgan fingerprint density at radius 1 is 0.931 bits per heavy atom. The number of aryl methyl sites for hydroxylation is 1. The number of carbonyl (C=O) groups excluding carboxylic acids is 2. The summed E-state index contributed by atoms with van der Waals surface area (Å²) in [5.41, 5.74) is 3.29. The maximum absolute atomic E-state index is 12.9. The summed E-state index contributed by atoms with van der Waals surface area (Å²) in [5.74, 6) is -0.924. The second kappa shape index (κ2) is 6.50. The van der Waals surface area contributed by atoms with Crippen molar-refractivity contribution < 1.29 is 9.59 Å². The van der Waals surface area contributed by atoms with Gasteiger partial charge >= 0.3 is 0 Å². The standard InChI is InChI=1S/C23H14ClN3O2/c1-13-8-9-15-11-16(21(24)26-19(15)10-13)12-25-27-22(28)17-6-2-4-14-5-3-7-18(20(14)17)23(27)29/h2-12H,1H3. The molecule has 0 bridgehead atoms. The van der Waals surface area contributed by atoms with Crippen LogP contribution in [-0.4, -0.2) is 28.0 Å². The zero-order valence-corrected chi connectivity index (χ0v) is 16.1. The molecular weight excluding hydrogens is 386 g/mol. The Labute approximate surface area is 171 Å². The Morgan fingerprint density at radius 3 is 2.31 bits per heavy atom. The molecule has 1 aliphatic rings. The van der Waals surface area contributed by atoms with Crippen molar-refractivity contribution in [3.63, 3.8) is 0 Å². The Hall–Kier alpha value is -3.57. The Bertz CT molecular complexity index is 1330. The van der Waals surface area contributed by atoms with Gasteiger partial charge in [-0.3, -0.25) is 9.59 Å². The van der Waals surface area contributed by atoms with Crippen LogP contribution >= 0.6 is 11.6 Å². The molecule has 0 saturated carbocycles. The summed E-state index contributed by atoms with van der Waals surface area (Å²) in [6, 6.07) is 18.5. The van der Waals surface area contributed by atoms with Gasteiger partial charge in [-0.2, -0.15) is 10.1 Å². The number of pyridine rings is 1. The van der Waals surface area contributed by atoms with Gasteiger partial charge in [-0.15, -0.1) is 0 Å². The fraction of sp³-hybridized carbons (Fsp3) is 0.0435. The zero-order chi connectivity index (χ0) is 20.1. The molecule has 3 aromatic carbocycles. The fourth-order valence-electron chi connectivity index (χ4n) is 3.60. The van der Waals surface area contributed by atoms with Crippen molar-refractivity contribution in [3.8, 4) is 0 Å². The van der Waals surface area contributed by atoms with E-state index in [1.807, 2.05) is 43.3 Å². The Kier molecular flexibility index (Phi) is 3.93. The molecule has 0 atom stereocenters. The highest BCUT2D eigenvalue weighted by molar-refractivity contribution is 6.32. The van der Waals surface area contributed by atoms with E-state index < -0.39 is 11.8 Å². The lowest BCUT2D eigenvalue weighted by atomic mass is 9.95. The van der Waals surface area contributed by atoms with Gasteiger partial charge in [0.25, 0.3) is 11.8 Å². The number of hydrogen-bond acceptors (Lipinski definition) is 4. The summed E-state index contributed by atoms with van der Waals surface area (Å²) in [4.78, 5) is 30.2. The van der Waals surface area contributed by atoms with Crippen LogP contribution in [0.25, 0.3) is 21.7 Å². The molecule has 140 valence electrons. The zero-order valence-electron chi connectivity index (χ0n) is 15.4. The van der Waals surface area contributed by atoms with Gasteiger partial charge in [0.05, 0.1) is 22.9 Å². The van der Waals surface area contributed by atoms with Crippen molar-refractivity contribution in [1.82, 2.24) is 9.99 Å². The van der Waals surface area contributed by atoms with Gasteiger partial charge in [0.15, 0.2) is 0 Å². The predicted molar refractivity (Wildman–Crippen MR) is 114 cm³/mol. The van der Waals surface area contributed by atoms with Crippen LogP contribution in [0.5, 0.6) is 0 Å². The summed E-state index contributed by atoms with van der Waals surface area (Å²) >= 11 is 6.30. The first kappa shape index (κ1) is 17.5. The van der Waals surface area contributed by atoms with Gasteiger partial charge < -0.3 is 0 Å². The van der Waals surface area contributed by atoms with Gasteiger partial charge in [-0.25, -0.2) is 4.98 Å². The summed E-state index contributed by atoms with van der Waals surface area (Å²) in [6.45, 7) is 1.98. The molecule has 1 aliphatic heterocycles. The van der Waals surface area contributed by atoms with Gasteiger partial charge in [0.1, 0.15) is 5.15 Å². The highest BCUT2D eigenvalue weighted by atomic mass is 35.5. The van der Waals surface area contributed by atoms with E-state index in [9.17, 15) is 9.59 Å². The molecule has 0 N–H and O–H groups in total. The quantitative estimate of drug-likeness (QED) is 0.271. The number of carbonyl (C=O) groups is 2. The van der Waals surface area contributed by atoms with E-state index in [0.29, 0.717) is 22.1 Å². The lowest BCUT2D eigenvalue weighted by molar-refractivity contribution is 0.0616. The first-order chi connectivity index (χ1) is 14.0. The Morgan fingerprint density at radius 2 is 1.62 bits per heavy atom. The number of halogens is 1. The van der Waals surface area contributed by atoms with Crippen molar-refractivity contribution in [2.45, 2.75) is 6.92 Å². The van der Waals surface area contributed by atoms with Crippen LogP contribution in [0.1, 0.15) is 31.8 Å². The minimum atomic E-state index is -0.462. The van der Waals surface area contributed by atoms with Crippen molar-refractivity contribution in [3.05, 3.63) is 88.1 Å². The summed E-state index contributed by atoms with van der Waals surface area (Å²) in [6.07, 6.45) is 1.40. The molecule has 2 heterocycles. The van der Waals surface area contributed by atoms with Crippen LogP contribution in [0.15, 0.2) is 65.8 Å². The van der Waals surface area contributed by atoms with E-state index in [1.165, 1.54) is 6.21 Å². The normalized spacial score (nSPS) is 13.8. The van der Waals surface area contributed by atoms with E-state index in [-0.39, 0.29) is 5.15 Å². The number of hydrogen-bond donors (Lipinski definition) is 0. The van der Waals surface area contributed by atoms with Crippen LogP contribution in [-0.2, 0) is 0 Å². The smallest absolute Gasteiger partial charge is 0.267 e. The summed E-state index contributed by atoms with van der Waals surface area (Å²) < 4.78 is 0. The third-order valence-corrected chi connectivity index (χ3v) is 5.32. The number of fused-ring (bicyclic) bond motifs is 1. The third-order valence-electron chi connectivity index (χ3n) is 5.02. The summed E-state index contributed by atoms with van der Waals surface area (Å²) in [7, 11) is 0. The predicted octanol–water partition coefficient (Wildman–Crippen LogP) is 4.98. The van der Waals surface area contributed by atoms with E-state index >= 15 is 0 Å². The maximum Gasteiger partial charge on any atom is 0.282 e. The molecule has 2 amide bonds. The van der Waals surface area contributed by atoms with Crippen molar-refractivity contribution in [2.75, 3.05) is 0 Å². The monoisotopic (exact) mass is 399 g/mol. The first-order valence-corrected chi connectivity index (χ1v) is 9.42. The molecular formula is C23H14ClN3O2. The largest absolute Gasteiger partial charge is 0.282 e. The molecule has 5 rings (SSSR count). The second-order valence-corrected chi connectivity index (χ2v) is 7.30. The number of hydrazone groups is 1. The minimum Gasteiger partial charge on any atom is -0.267 e. The van der Waals surface area contributed by atoms with Gasteiger partial charge in [-0.05, 0) is 42.1 Å². The van der Waals surface area contributed by atoms with E-state index in [4.69, 9.17) is 11.6 Å². The molecule has 0 saturated heterocycles. The molecule has 5 nitrogen and oxygen atoms in total. The number of benzene rings is 3. The number of nitrogens with zero attached hydrogens (tertiary/aromatic N) is 3. The van der Waals surface area contributed by atoms with Gasteiger partial charge in [0, 0.05) is 16.3 Å². The molecule has 6 heteroatoms. The Balaban J connectivity index is 1.57. The number of rotatable bonds is 2. The molecule has 0 aliphatic carbocycles. The fourth-order valence-corrected chi connectivity index (χ4v) is 3.80. The SMILES string of the molecule is Cc1ccc2cc(C=NN3C(=O)c4cccc5cccc(c45)C3=O)c(Cl)nc2c1.